The van der Waals surface area contributed by atoms with Gasteiger partial charge < -0.3 is 9.47 Å². The maximum atomic E-state index is 12.5. The number of hydrogen-bond acceptors (Lipinski definition) is 3. The maximum absolute atomic E-state index is 12.5. The Morgan fingerprint density at radius 1 is 0.931 bits per heavy atom. The molecule has 3 nitrogen and oxygen atoms in total. The normalized spacial score (nSPS) is 10.8. The third-order valence-electron chi connectivity index (χ3n) is 3.90. The van der Waals surface area contributed by atoms with Gasteiger partial charge in [0.2, 0.25) is 0 Å². The summed E-state index contributed by atoms with van der Waals surface area (Å²) >= 11 is 0. The van der Waals surface area contributed by atoms with Crippen LogP contribution in [0.4, 0.5) is 13.2 Å². The SMILES string of the molecule is Cc1cccc(Oc2ccc(C)cc2OCC#Cc2ccc(C(F)(F)F)nc2)c1. The topological polar surface area (TPSA) is 31.4 Å². The van der Waals surface area contributed by atoms with Crippen LogP contribution in [0, 0.1) is 25.7 Å². The van der Waals surface area contributed by atoms with E-state index in [-0.39, 0.29) is 6.61 Å². The van der Waals surface area contributed by atoms with E-state index in [0.29, 0.717) is 22.8 Å². The minimum atomic E-state index is -4.46. The second kappa shape index (κ2) is 8.70. The highest BCUT2D eigenvalue weighted by Crippen LogP contribution is 2.32. The highest BCUT2D eigenvalue weighted by atomic mass is 19.4. The van der Waals surface area contributed by atoms with E-state index in [1.54, 1.807) is 0 Å². The fraction of sp³-hybridized carbons (Fsp3) is 0.174. The van der Waals surface area contributed by atoms with Crippen LogP contribution in [0.25, 0.3) is 0 Å². The lowest BCUT2D eigenvalue weighted by molar-refractivity contribution is -0.141. The first-order chi connectivity index (χ1) is 13.8. The third-order valence-corrected chi connectivity index (χ3v) is 3.90. The zero-order valence-corrected chi connectivity index (χ0v) is 15.9. The Morgan fingerprint density at radius 2 is 1.72 bits per heavy atom. The van der Waals surface area contributed by atoms with Gasteiger partial charge in [0.15, 0.2) is 11.5 Å². The molecule has 6 heteroatoms. The molecule has 0 aliphatic carbocycles. The highest BCUT2D eigenvalue weighted by Gasteiger charge is 2.31. The first-order valence-corrected chi connectivity index (χ1v) is 8.81. The van der Waals surface area contributed by atoms with Gasteiger partial charge >= 0.3 is 6.18 Å². The lowest BCUT2D eigenvalue weighted by Crippen LogP contribution is -2.07. The zero-order chi connectivity index (χ0) is 20.9. The molecule has 0 N–H and O–H groups in total. The molecule has 0 radical (unpaired) electrons. The molecule has 3 rings (SSSR count). The molecular formula is C23H18F3NO2. The monoisotopic (exact) mass is 397 g/mol. The summed E-state index contributed by atoms with van der Waals surface area (Å²) in [5.41, 5.74) is 1.50. The third kappa shape index (κ3) is 5.76. The number of rotatable bonds is 4. The van der Waals surface area contributed by atoms with Crippen molar-refractivity contribution in [3.8, 4) is 29.1 Å². The Kier molecular flexibility index (Phi) is 6.08. The largest absolute Gasteiger partial charge is 0.477 e. The van der Waals surface area contributed by atoms with E-state index in [9.17, 15) is 13.2 Å². The zero-order valence-electron chi connectivity index (χ0n) is 15.9. The van der Waals surface area contributed by atoms with Crippen LogP contribution in [-0.2, 0) is 6.18 Å². The fourth-order valence-corrected chi connectivity index (χ4v) is 2.51. The van der Waals surface area contributed by atoms with Crippen LogP contribution in [0.15, 0.2) is 60.8 Å². The summed E-state index contributed by atoms with van der Waals surface area (Å²) in [5.74, 6) is 7.30. The average molecular weight is 397 g/mol. The molecule has 0 unspecified atom stereocenters. The number of alkyl halides is 3. The second-order valence-electron chi connectivity index (χ2n) is 6.39. The van der Waals surface area contributed by atoms with Gasteiger partial charge in [-0.2, -0.15) is 13.2 Å². The Labute approximate surface area is 167 Å². The number of hydrogen-bond donors (Lipinski definition) is 0. The van der Waals surface area contributed by atoms with Gasteiger partial charge in [0, 0.05) is 11.8 Å². The predicted molar refractivity (Wildman–Crippen MR) is 104 cm³/mol. The molecule has 0 amide bonds. The van der Waals surface area contributed by atoms with Crippen molar-refractivity contribution in [2.24, 2.45) is 0 Å². The van der Waals surface area contributed by atoms with Crippen LogP contribution in [0.1, 0.15) is 22.4 Å². The summed E-state index contributed by atoms with van der Waals surface area (Å²) in [7, 11) is 0. The molecule has 0 aliphatic rings. The van der Waals surface area contributed by atoms with Crippen LogP contribution in [0.5, 0.6) is 17.2 Å². The van der Waals surface area contributed by atoms with Crippen molar-refractivity contribution in [2.45, 2.75) is 20.0 Å². The molecule has 0 spiro atoms. The van der Waals surface area contributed by atoms with Gasteiger partial charge in [0.1, 0.15) is 18.1 Å². The number of ether oxygens (including phenoxy) is 2. The quantitative estimate of drug-likeness (QED) is 0.511. The molecule has 0 fully saturated rings. The Hall–Kier alpha value is -3.46. The number of halogens is 3. The van der Waals surface area contributed by atoms with Crippen molar-refractivity contribution >= 4 is 0 Å². The fourth-order valence-electron chi connectivity index (χ4n) is 2.51. The number of benzene rings is 2. The van der Waals surface area contributed by atoms with Crippen molar-refractivity contribution in [2.75, 3.05) is 6.61 Å². The first kappa shape index (κ1) is 20.3. The lowest BCUT2D eigenvalue weighted by Gasteiger charge is -2.12. The molecule has 0 saturated heterocycles. The summed E-state index contributed by atoms with van der Waals surface area (Å²) in [6.07, 6.45) is -3.37. The van der Waals surface area contributed by atoms with Crippen molar-refractivity contribution in [1.82, 2.24) is 4.98 Å². The molecule has 0 aliphatic heterocycles. The molecular weight excluding hydrogens is 379 g/mol. The Morgan fingerprint density at radius 3 is 2.41 bits per heavy atom. The van der Waals surface area contributed by atoms with E-state index in [1.165, 1.54) is 6.07 Å². The summed E-state index contributed by atoms with van der Waals surface area (Å²) in [6.45, 7) is 3.96. The smallest absolute Gasteiger partial charge is 0.433 e. The maximum Gasteiger partial charge on any atom is 0.433 e. The Balaban J connectivity index is 1.68. The Bertz CT molecular complexity index is 1050. The molecule has 1 aromatic heterocycles. The molecule has 3 aromatic rings. The summed E-state index contributed by atoms with van der Waals surface area (Å²) in [5, 5.41) is 0. The second-order valence-corrected chi connectivity index (χ2v) is 6.39. The minimum absolute atomic E-state index is 0.0503. The van der Waals surface area contributed by atoms with Crippen molar-refractivity contribution in [1.29, 1.82) is 0 Å². The van der Waals surface area contributed by atoms with Crippen molar-refractivity contribution in [3.63, 3.8) is 0 Å². The van der Waals surface area contributed by atoms with Crippen LogP contribution >= 0.6 is 0 Å². The summed E-state index contributed by atoms with van der Waals surface area (Å²) in [4.78, 5) is 3.38. The number of nitrogens with zero attached hydrogens (tertiary/aromatic N) is 1. The lowest BCUT2D eigenvalue weighted by atomic mass is 10.2. The van der Waals surface area contributed by atoms with Crippen LogP contribution in [0.3, 0.4) is 0 Å². The number of aryl methyl sites for hydroxylation is 2. The van der Waals surface area contributed by atoms with Crippen LogP contribution in [0.2, 0.25) is 0 Å². The van der Waals surface area contributed by atoms with Gasteiger partial charge in [0.25, 0.3) is 0 Å². The van der Waals surface area contributed by atoms with Gasteiger partial charge in [0.05, 0.1) is 0 Å². The van der Waals surface area contributed by atoms with Crippen LogP contribution < -0.4 is 9.47 Å². The van der Waals surface area contributed by atoms with Gasteiger partial charge in [-0.25, -0.2) is 0 Å². The minimum Gasteiger partial charge on any atom is -0.477 e. The van der Waals surface area contributed by atoms with Crippen LogP contribution in [-0.4, -0.2) is 11.6 Å². The van der Waals surface area contributed by atoms with E-state index in [1.807, 2.05) is 56.3 Å². The molecule has 148 valence electrons. The molecule has 0 saturated carbocycles. The molecule has 29 heavy (non-hydrogen) atoms. The molecule has 1 heterocycles. The standard InChI is InChI=1S/C23H18F3NO2/c1-16-5-3-7-19(13-16)29-20-10-8-17(2)14-21(20)28-12-4-6-18-9-11-22(27-15-18)23(24,25)26/h3,5,7-11,13-15H,12H2,1-2H3. The van der Waals surface area contributed by atoms with E-state index in [0.717, 1.165) is 23.4 Å². The van der Waals surface area contributed by atoms with Crippen molar-refractivity contribution in [3.05, 3.63) is 83.2 Å². The van der Waals surface area contributed by atoms with Crippen molar-refractivity contribution < 1.29 is 22.6 Å². The van der Waals surface area contributed by atoms with Gasteiger partial charge in [-0.15, -0.1) is 0 Å². The van der Waals surface area contributed by atoms with E-state index >= 15 is 0 Å². The van der Waals surface area contributed by atoms with E-state index in [4.69, 9.17) is 9.47 Å². The average Bonchev–Trinajstić information content (AvgIpc) is 2.67. The highest BCUT2D eigenvalue weighted by molar-refractivity contribution is 5.46. The first-order valence-electron chi connectivity index (χ1n) is 8.81. The summed E-state index contributed by atoms with van der Waals surface area (Å²) in [6, 6.07) is 15.4. The van der Waals surface area contributed by atoms with Gasteiger partial charge in [-0.1, -0.05) is 30.0 Å². The van der Waals surface area contributed by atoms with Gasteiger partial charge in [-0.05, 0) is 61.4 Å². The molecule has 0 bridgehead atoms. The number of pyridine rings is 1. The van der Waals surface area contributed by atoms with E-state index in [2.05, 4.69) is 16.8 Å². The van der Waals surface area contributed by atoms with Gasteiger partial charge in [-0.3, -0.25) is 4.98 Å². The predicted octanol–water partition coefficient (Wildman–Crippen LogP) is 5.94. The van der Waals surface area contributed by atoms with E-state index < -0.39 is 11.9 Å². The molecule has 0 atom stereocenters. The number of aromatic nitrogens is 1. The summed E-state index contributed by atoms with van der Waals surface area (Å²) < 4.78 is 49.2. The molecule has 2 aromatic carbocycles.